The standard InChI is InChI=1S/C24H19F3N6O2.C16H13N5O2.C15H11N5O2.C12H17BN4O2.C10H8BrNO2.C9H10F3NO/c1-13(16-4-2-3-5-20(16)35-24(25,26)27)30-22(34)18-10-15(11-19-17(18)6-8-29-19)14-7-9-33-21(12-14)31-23(28)32-33;1-23-15(22)12-6-10(7-13-11(12)2-4-18-13)9-3-5-21-14(8-9)19-16(17)20-21;16-15-18-13-7-8(2-4-20(13)19-15)9-5-11(14(21)22)10-1-3-17-12(10)6-9;1-11(2)12(3,4)19-13(18-11)8-5-6-17-9(7-8)15-10(14)16-17;1-14-10(13)8-4-6(11)5-9-7(8)2-3-12-9;1-6(13)7-4-2-3-5-8(7)14-9(10,11)12/h2-13,29H,1H3,(H2,28,32)(H,30,34);2-8,18H,1H3,(H2,17,20);1-7,17H,(H2,16,19)(H,21,22);5-7H,1-4H3,(H2,14,16);2-5,12H,1H3;2-6H,13H2,1H3. The Labute approximate surface area is 723 Å². The highest BCUT2D eigenvalue weighted by atomic mass is 79.9. The lowest BCUT2D eigenvalue weighted by Crippen LogP contribution is -2.41. The van der Waals surface area contributed by atoms with Crippen molar-refractivity contribution >= 4 is 142 Å². The predicted octanol–water partition coefficient (Wildman–Crippen LogP) is 15.2. The van der Waals surface area contributed by atoms with Gasteiger partial charge in [-0.2, -0.15) is 19.9 Å². The number of ether oxygens (including phenoxy) is 4. The lowest BCUT2D eigenvalue weighted by atomic mass is 9.80. The van der Waals surface area contributed by atoms with Crippen LogP contribution in [-0.2, 0) is 18.8 Å². The molecule has 2 atom stereocenters. The third kappa shape index (κ3) is 20.0. The van der Waals surface area contributed by atoms with Gasteiger partial charge in [0.2, 0.25) is 23.8 Å². The number of carbonyl (C=O) groups excluding carboxylic acids is 3. The summed E-state index contributed by atoms with van der Waals surface area (Å²) in [5.41, 5.74) is 41.1. The highest BCUT2D eigenvalue weighted by molar-refractivity contribution is 9.10. The van der Waals surface area contributed by atoms with Gasteiger partial charge in [-0.05, 0) is 214 Å². The SMILES string of the molecule is CC(N)c1ccccc1OC(F)(F)F.CC(NC(=O)c1cc(-c2ccn3nc(N)nc3c2)cc2[nH]ccc12)c1ccccc1OC(F)(F)F.CC1(C)OB(c2ccn3nc(N)nc3c2)OC1(C)C.COC(=O)c1cc(-c2ccn3nc(N)nc3c2)cc2[nH]ccc12.COC(=O)c1cc(Br)cc2[nH]ccc12.Nc1nc2cc(-c3cc(C(=O)O)c4cc[nH]c4c3)ccn2n1. The van der Waals surface area contributed by atoms with Crippen molar-refractivity contribution < 1.29 is 78.9 Å². The molecule has 1 saturated heterocycles. The normalized spacial score (nSPS) is 13.3. The second kappa shape index (κ2) is 35.8. The van der Waals surface area contributed by atoms with Gasteiger partial charge in [0, 0.05) is 120 Å². The average molecular weight is 1800 g/mol. The monoisotopic (exact) mass is 1800 g/mol. The number of halogens is 7. The average Bonchev–Trinajstić information content (AvgIpc) is 1.63. The van der Waals surface area contributed by atoms with Crippen LogP contribution in [0.15, 0.2) is 224 Å². The number of nitrogens with zero attached hydrogens (tertiary/aromatic N) is 12. The molecule has 1 fully saturated rings. The Morgan fingerprint density at radius 3 is 1.21 bits per heavy atom. The fourth-order valence-electron chi connectivity index (χ4n) is 13.8. The summed E-state index contributed by atoms with van der Waals surface area (Å²) < 4.78 is 111. The number of anilines is 4. The number of fused-ring (bicyclic) bond motifs is 8. The molecular formula is C86H78BBrF6N22O11. The first-order valence-corrected chi connectivity index (χ1v) is 39.2. The van der Waals surface area contributed by atoms with Crippen LogP contribution in [0.2, 0.25) is 0 Å². The number of aromatic amines is 4. The number of para-hydroxylation sites is 2. The number of carboxylic acids is 1. The summed E-state index contributed by atoms with van der Waals surface area (Å²) in [5.74, 6) is -1.89. The molecule has 19 rings (SSSR count). The number of nitrogen functional groups attached to an aromatic ring is 4. The minimum atomic E-state index is -4.85. The van der Waals surface area contributed by atoms with Crippen LogP contribution in [-0.4, -0.2) is 153 Å². The molecule has 41 heteroatoms. The molecule has 1 aliphatic rings. The Kier molecular flexibility index (Phi) is 24.8. The molecule has 12 aromatic heterocycles. The first kappa shape index (κ1) is 88.0. The number of benzene rings is 6. The number of methoxy groups -OCH3 is 2. The largest absolute Gasteiger partial charge is 0.573 e. The van der Waals surface area contributed by atoms with Crippen LogP contribution in [0.4, 0.5) is 50.1 Å². The number of amides is 1. The molecule has 16 N–H and O–H groups in total. The molecule has 0 radical (unpaired) electrons. The van der Waals surface area contributed by atoms with Crippen molar-refractivity contribution in [2.24, 2.45) is 5.73 Å². The lowest BCUT2D eigenvalue weighted by Gasteiger charge is -2.32. The Morgan fingerprint density at radius 1 is 0.465 bits per heavy atom. The smallest absolute Gasteiger partial charge is 0.478 e. The Hall–Kier alpha value is -15.4. The van der Waals surface area contributed by atoms with Crippen molar-refractivity contribution in [3.63, 3.8) is 0 Å². The maximum atomic E-state index is 13.3. The van der Waals surface area contributed by atoms with E-state index in [1.807, 2.05) is 113 Å². The van der Waals surface area contributed by atoms with Gasteiger partial charge in [0.25, 0.3) is 5.91 Å². The summed E-state index contributed by atoms with van der Waals surface area (Å²) >= 11 is 3.34. The molecule has 2 unspecified atom stereocenters. The van der Waals surface area contributed by atoms with Crippen molar-refractivity contribution in [1.29, 1.82) is 0 Å². The van der Waals surface area contributed by atoms with Gasteiger partial charge in [0.05, 0.1) is 48.2 Å². The third-order valence-electron chi connectivity index (χ3n) is 20.5. The van der Waals surface area contributed by atoms with Crippen molar-refractivity contribution in [3.05, 3.63) is 257 Å². The molecule has 0 aliphatic carbocycles. The second-order valence-corrected chi connectivity index (χ2v) is 30.5. The maximum absolute atomic E-state index is 13.3. The minimum Gasteiger partial charge on any atom is -0.478 e. The van der Waals surface area contributed by atoms with E-state index in [1.165, 1.54) is 50.6 Å². The van der Waals surface area contributed by atoms with E-state index in [1.54, 1.807) is 130 Å². The topological polar surface area (TPSA) is 470 Å². The molecule has 0 bridgehead atoms. The second-order valence-electron chi connectivity index (χ2n) is 29.6. The molecule has 6 aromatic carbocycles. The van der Waals surface area contributed by atoms with E-state index in [-0.39, 0.29) is 69.6 Å². The number of hydrogen-bond acceptors (Lipinski definition) is 23. The van der Waals surface area contributed by atoms with Crippen LogP contribution in [0.1, 0.15) is 106 Å². The van der Waals surface area contributed by atoms with Crippen LogP contribution < -0.4 is 48.9 Å². The number of alkyl halides is 6. The first-order valence-electron chi connectivity index (χ1n) is 38.5. The van der Waals surface area contributed by atoms with Crippen molar-refractivity contribution in [1.82, 2.24) is 83.6 Å². The number of aromatic carboxylic acids is 1. The van der Waals surface area contributed by atoms with E-state index >= 15 is 0 Å². The zero-order valence-corrected chi connectivity index (χ0v) is 70.0. The number of H-pyrrole nitrogens is 4. The summed E-state index contributed by atoms with van der Waals surface area (Å²) in [4.78, 5) is 77.1. The van der Waals surface area contributed by atoms with Crippen molar-refractivity contribution in [2.75, 3.05) is 37.2 Å². The minimum absolute atomic E-state index is 0.144. The molecule has 33 nitrogen and oxygen atoms in total. The van der Waals surface area contributed by atoms with Crippen LogP contribution in [0, 0.1) is 0 Å². The number of nitrogens with two attached hydrogens (primary N) is 5. The van der Waals surface area contributed by atoms with E-state index in [0.717, 1.165) is 76.2 Å². The number of carboxylic acid groups (broad SMARTS) is 1. The molecule has 13 heterocycles. The Bertz CT molecular complexity index is 7140. The molecule has 1 amide bonds. The molecule has 18 aromatic rings. The van der Waals surface area contributed by atoms with Gasteiger partial charge >= 0.3 is 37.8 Å². The lowest BCUT2D eigenvalue weighted by molar-refractivity contribution is -0.276. The van der Waals surface area contributed by atoms with Crippen molar-refractivity contribution in [2.45, 2.75) is 77.6 Å². The molecular weight excluding hydrogens is 1720 g/mol. The number of pyridine rings is 4. The van der Waals surface area contributed by atoms with E-state index in [9.17, 15) is 50.6 Å². The summed E-state index contributed by atoms with van der Waals surface area (Å²) in [7, 11) is 2.35. The number of carbonyl (C=O) groups is 4. The summed E-state index contributed by atoms with van der Waals surface area (Å²) in [6.45, 7) is 11.3. The quantitative estimate of drug-likeness (QED) is 0.0290. The highest BCUT2D eigenvalue weighted by Crippen LogP contribution is 2.39. The summed E-state index contributed by atoms with van der Waals surface area (Å²) in [5, 5.41) is 31.4. The first-order chi connectivity index (χ1) is 60.3. The van der Waals surface area contributed by atoms with E-state index in [0.29, 0.717) is 55.6 Å². The Morgan fingerprint density at radius 2 is 0.811 bits per heavy atom. The zero-order chi connectivity index (χ0) is 90.7. The van der Waals surface area contributed by atoms with Gasteiger partial charge in [0.15, 0.2) is 22.6 Å². The molecule has 0 spiro atoms. The van der Waals surface area contributed by atoms with Crippen LogP contribution in [0.3, 0.4) is 0 Å². The number of esters is 2. The van der Waals surface area contributed by atoms with E-state index in [2.05, 4.69) is 91.0 Å². The molecule has 1 aliphatic heterocycles. The fourth-order valence-corrected chi connectivity index (χ4v) is 14.3. The maximum Gasteiger partial charge on any atom is 0.573 e. The van der Waals surface area contributed by atoms with Crippen LogP contribution in [0.5, 0.6) is 11.5 Å². The van der Waals surface area contributed by atoms with E-state index in [4.69, 9.17) is 47.5 Å². The van der Waals surface area contributed by atoms with Gasteiger partial charge in [-0.3, -0.25) is 4.79 Å². The number of aromatic nitrogens is 16. The van der Waals surface area contributed by atoms with Gasteiger partial charge in [-0.15, -0.1) is 46.7 Å². The zero-order valence-electron chi connectivity index (χ0n) is 68.4. The van der Waals surface area contributed by atoms with Gasteiger partial charge < -0.3 is 87.3 Å². The third-order valence-corrected chi connectivity index (χ3v) is 20.9. The number of rotatable bonds is 13. The molecule has 650 valence electrons. The highest BCUT2D eigenvalue weighted by Gasteiger charge is 2.52. The number of hydrogen-bond donors (Lipinski definition) is 11. The number of nitrogens with one attached hydrogen (secondary N) is 5. The summed E-state index contributed by atoms with van der Waals surface area (Å²) in [6, 6.07) is 47.0. The van der Waals surface area contributed by atoms with E-state index < -0.39 is 43.8 Å². The van der Waals surface area contributed by atoms with Gasteiger partial charge in [0.1, 0.15) is 11.5 Å². The van der Waals surface area contributed by atoms with Gasteiger partial charge in [-0.25, -0.2) is 32.4 Å². The predicted molar refractivity (Wildman–Crippen MR) is 468 cm³/mol. The fraction of sp³-hybridized carbons (Fsp3) is 0.163. The summed E-state index contributed by atoms with van der Waals surface area (Å²) in [6.07, 6.45) is 4.55. The molecule has 0 saturated carbocycles. The van der Waals surface area contributed by atoms with Crippen molar-refractivity contribution in [3.8, 4) is 44.9 Å². The Balaban J connectivity index is 0.000000127. The van der Waals surface area contributed by atoms with Crippen LogP contribution >= 0.6 is 15.9 Å². The van der Waals surface area contributed by atoms with Crippen LogP contribution in [0.25, 0.3) is 99.6 Å². The molecule has 127 heavy (non-hydrogen) atoms. The van der Waals surface area contributed by atoms with Gasteiger partial charge in [-0.1, -0.05) is 52.3 Å².